The first-order chi connectivity index (χ1) is 13.9. The number of rotatable bonds is 5. The molecular formula is C19H17N3O5S2. The van der Waals surface area contributed by atoms with E-state index < -0.39 is 20.5 Å². The lowest BCUT2D eigenvalue weighted by Crippen LogP contribution is -2.27. The Morgan fingerprint density at radius 3 is 2.59 bits per heavy atom. The predicted octanol–water partition coefficient (Wildman–Crippen LogP) is 3.04. The van der Waals surface area contributed by atoms with Crippen molar-refractivity contribution in [1.29, 1.82) is 0 Å². The number of nitrogens with one attached hydrogen (secondary N) is 1. The number of benzene rings is 2. The van der Waals surface area contributed by atoms with Crippen LogP contribution in [0, 0.1) is 6.92 Å². The van der Waals surface area contributed by atoms with Gasteiger partial charge in [0.2, 0.25) is 0 Å². The van der Waals surface area contributed by atoms with Gasteiger partial charge in [-0.05, 0) is 31.2 Å². The van der Waals surface area contributed by atoms with E-state index >= 15 is 0 Å². The number of aryl methyl sites for hydroxylation is 1. The van der Waals surface area contributed by atoms with E-state index in [0.717, 1.165) is 4.70 Å². The topological polar surface area (TPSA) is 99.0 Å². The summed E-state index contributed by atoms with van der Waals surface area (Å²) in [7, 11) is -1.36. The van der Waals surface area contributed by atoms with Crippen LogP contribution in [0.2, 0.25) is 0 Å². The maximum atomic E-state index is 13.2. The zero-order chi connectivity index (χ0) is 20.8. The molecule has 2 heterocycles. The molecule has 1 N–H and O–H groups in total. The van der Waals surface area contributed by atoms with Gasteiger partial charge < -0.3 is 9.47 Å². The van der Waals surface area contributed by atoms with Crippen LogP contribution in [0.4, 0.5) is 5.69 Å². The number of nitrogens with zero attached hydrogens (tertiary/aromatic N) is 2. The van der Waals surface area contributed by atoms with Crippen LogP contribution in [-0.4, -0.2) is 32.0 Å². The number of anilines is 1. The normalized spacial score (nSPS) is 11.7. The molecule has 0 aliphatic heterocycles. The number of hydrogen-bond donors (Lipinski definition) is 1. The lowest BCUT2D eigenvalue weighted by atomic mass is 10.3. The molecule has 0 aliphatic carbocycles. The zero-order valence-corrected chi connectivity index (χ0v) is 17.4. The van der Waals surface area contributed by atoms with Crippen molar-refractivity contribution >= 4 is 42.2 Å². The maximum Gasteiger partial charge on any atom is 0.280 e. The largest absolute Gasteiger partial charge is 0.497 e. The molecule has 0 saturated heterocycles. The summed E-state index contributed by atoms with van der Waals surface area (Å²) in [5.74, 6) is 0.733. The van der Waals surface area contributed by atoms with Crippen LogP contribution in [0.3, 0.4) is 0 Å². The van der Waals surface area contributed by atoms with E-state index in [1.807, 2.05) is 12.1 Å². The van der Waals surface area contributed by atoms with Crippen molar-refractivity contribution in [3.63, 3.8) is 0 Å². The van der Waals surface area contributed by atoms with Crippen LogP contribution in [0.1, 0.15) is 5.69 Å². The first-order valence-corrected chi connectivity index (χ1v) is 10.8. The molecule has 29 heavy (non-hydrogen) atoms. The molecule has 2 aromatic carbocycles. The Morgan fingerprint density at radius 2 is 1.86 bits per heavy atom. The van der Waals surface area contributed by atoms with E-state index in [1.165, 1.54) is 42.9 Å². The molecule has 8 nitrogen and oxygen atoms in total. The second kappa shape index (κ2) is 7.05. The summed E-state index contributed by atoms with van der Waals surface area (Å²) in [5.41, 5.74) is 0.238. The third-order valence-corrected chi connectivity index (χ3v) is 6.93. The molecule has 0 radical (unpaired) electrons. The average Bonchev–Trinajstić information content (AvgIpc) is 3.05. The number of sulfonamides is 1. The van der Waals surface area contributed by atoms with Crippen molar-refractivity contribution in [2.24, 2.45) is 0 Å². The number of hydrogen-bond acceptors (Lipinski definition) is 7. The first-order valence-electron chi connectivity index (χ1n) is 8.51. The Kier molecular flexibility index (Phi) is 4.67. The highest BCUT2D eigenvalue weighted by Gasteiger charge is 2.26. The quantitative estimate of drug-likeness (QED) is 0.521. The van der Waals surface area contributed by atoms with Crippen molar-refractivity contribution < 1.29 is 17.9 Å². The van der Waals surface area contributed by atoms with Crippen LogP contribution in [0.5, 0.6) is 11.5 Å². The predicted molar refractivity (Wildman–Crippen MR) is 112 cm³/mol. The maximum absolute atomic E-state index is 13.2. The Bertz CT molecular complexity index is 1410. The molecule has 4 rings (SSSR count). The number of fused-ring (bicyclic) bond motifs is 3. The van der Waals surface area contributed by atoms with E-state index in [0.29, 0.717) is 22.0 Å². The molecule has 0 amide bonds. The van der Waals surface area contributed by atoms with Gasteiger partial charge in [0.25, 0.3) is 15.6 Å². The van der Waals surface area contributed by atoms with Crippen LogP contribution in [0.15, 0.2) is 52.2 Å². The molecule has 10 heteroatoms. The number of ether oxygens (including phenoxy) is 2. The molecule has 0 fully saturated rings. The van der Waals surface area contributed by atoms with Gasteiger partial charge in [-0.15, -0.1) is 0 Å². The summed E-state index contributed by atoms with van der Waals surface area (Å²) in [6, 6.07) is 11.9. The molecule has 0 bridgehead atoms. The highest BCUT2D eigenvalue weighted by atomic mass is 32.2. The van der Waals surface area contributed by atoms with Crippen molar-refractivity contribution in [1.82, 2.24) is 9.38 Å². The summed E-state index contributed by atoms with van der Waals surface area (Å²) in [6.45, 7) is 1.50. The van der Waals surface area contributed by atoms with Crippen molar-refractivity contribution in [3.05, 3.63) is 58.5 Å². The smallest absolute Gasteiger partial charge is 0.280 e. The Morgan fingerprint density at radius 1 is 1.10 bits per heavy atom. The van der Waals surface area contributed by atoms with Gasteiger partial charge in [-0.3, -0.25) is 9.52 Å². The second-order valence-electron chi connectivity index (χ2n) is 6.19. The summed E-state index contributed by atoms with van der Waals surface area (Å²) in [6.07, 6.45) is 0. The third-order valence-electron chi connectivity index (χ3n) is 4.41. The molecule has 0 spiro atoms. The molecule has 150 valence electrons. The highest BCUT2D eigenvalue weighted by molar-refractivity contribution is 7.92. The van der Waals surface area contributed by atoms with E-state index in [2.05, 4.69) is 9.71 Å². The Hall–Kier alpha value is -3.11. The minimum Gasteiger partial charge on any atom is -0.497 e. The van der Waals surface area contributed by atoms with E-state index in [-0.39, 0.29) is 11.4 Å². The van der Waals surface area contributed by atoms with Crippen molar-refractivity contribution in [2.75, 3.05) is 18.9 Å². The molecule has 2 aromatic heterocycles. The van der Waals surface area contributed by atoms with Crippen LogP contribution < -0.4 is 19.8 Å². The second-order valence-corrected chi connectivity index (χ2v) is 8.82. The fourth-order valence-corrected chi connectivity index (χ4v) is 5.46. The van der Waals surface area contributed by atoms with E-state index in [9.17, 15) is 13.2 Å². The van der Waals surface area contributed by atoms with Gasteiger partial charge >= 0.3 is 0 Å². The van der Waals surface area contributed by atoms with Crippen molar-refractivity contribution in [2.45, 2.75) is 11.8 Å². The van der Waals surface area contributed by atoms with E-state index in [4.69, 9.17) is 9.47 Å². The van der Waals surface area contributed by atoms with Crippen LogP contribution in [-0.2, 0) is 10.0 Å². The Labute approximate surface area is 170 Å². The molecular weight excluding hydrogens is 414 g/mol. The highest BCUT2D eigenvalue weighted by Crippen LogP contribution is 2.31. The Balaban J connectivity index is 1.92. The van der Waals surface area contributed by atoms with E-state index in [1.54, 1.807) is 24.3 Å². The van der Waals surface area contributed by atoms with Gasteiger partial charge in [0, 0.05) is 6.07 Å². The summed E-state index contributed by atoms with van der Waals surface area (Å²) in [4.78, 5) is 17.6. The van der Waals surface area contributed by atoms with Gasteiger partial charge in [-0.1, -0.05) is 23.5 Å². The standard InChI is InChI=1S/C19H17N3O5S2/c1-11-17(18(23)22-14-6-4-5-7-16(14)28-19(22)20-11)29(24,25)21-13-10-12(26-2)8-9-15(13)27-3/h4-10,21H,1-3H3. The number of aromatic nitrogens is 2. The van der Waals surface area contributed by atoms with Crippen LogP contribution >= 0.6 is 11.3 Å². The van der Waals surface area contributed by atoms with Gasteiger partial charge in [0.05, 0.1) is 35.8 Å². The minimum atomic E-state index is -4.25. The lowest BCUT2D eigenvalue weighted by Gasteiger charge is -2.14. The van der Waals surface area contributed by atoms with Gasteiger partial charge in [-0.25, -0.2) is 17.8 Å². The molecule has 0 aliphatic rings. The fraction of sp³-hybridized carbons (Fsp3) is 0.158. The number of para-hydroxylation sites is 1. The first kappa shape index (κ1) is 19.2. The molecule has 4 aromatic rings. The molecule has 0 saturated carbocycles. The molecule has 0 atom stereocenters. The van der Waals surface area contributed by atoms with Crippen LogP contribution in [0.25, 0.3) is 15.2 Å². The summed E-state index contributed by atoms with van der Waals surface area (Å²) < 4.78 is 41.3. The summed E-state index contributed by atoms with van der Waals surface area (Å²) in [5, 5.41) is 0. The lowest BCUT2D eigenvalue weighted by molar-refractivity contribution is 0.405. The van der Waals surface area contributed by atoms with Crippen molar-refractivity contribution in [3.8, 4) is 11.5 Å². The zero-order valence-electron chi connectivity index (χ0n) is 15.8. The van der Waals surface area contributed by atoms with Gasteiger partial charge in [0.1, 0.15) is 11.5 Å². The SMILES string of the molecule is COc1ccc(OC)c(NS(=O)(=O)c2c(C)nc3sc4ccccc4n3c2=O)c1. The average molecular weight is 431 g/mol. The monoisotopic (exact) mass is 431 g/mol. The van der Waals surface area contributed by atoms with Gasteiger partial charge in [0.15, 0.2) is 9.86 Å². The molecule has 0 unspecified atom stereocenters. The fourth-order valence-electron chi connectivity index (χ4n) is 3.09. The number of methoxy groups -OCH3 is 2. The van der Waals surface area contributed by atoms with Gasteiger partial charge in [-0.2, -0.15) is 0 Å². The number of thiazole rings is 1. The third kappa shape index (κ3) is 3.19. The summed E-state index contributed by atoms with van der Waals surface area (Å²) >= 11 is 1.32. The minimum absolute atomic E-state index is 0.121.